The Morgan fingerprint density at radius 2 is 2.06 bits per heavy atom. The van der Waals surface area contributed by atoms with E-state index in [0.29, 0.717) is 23.7 Å². The van der Waals surface area contributed by atoms with E-state index < -0.39 is 0 Å². The summed E-state index contributed by atoms with van der Waals surface area (Å²) in [5.41, 5.74) is 1.33. The van der Waals surface area contributed by atoms with E-state index in [-0.39, 0.29) is 6.10 Å². The van der Waals surface area contributed by atoms with Gasteiger partial charge < -0.3 is 14.2 Å². The zero-order chi connectivity index (χ0) is 12.3. The van der Waals surface area contributed by atoms with E-state index in [1.807, 2.05) is 12.2 Å². The quantitative estimate of drug-likeness (QED) is 0.591. The lowest BCUT2D eigenvalue weighted by molar-refractivity contribution is 0.111. The molecule has 1 heterocycles. The Labute approximate surface area is 99.8 Å². The minimum Gasteiger partial charge on any atom is -0.496 e. The lowest BCUT2D eigenvalue weighted by Crippen LogP contribution is -2.02. The van der Waals surface area contributed by atoms with Gasteiger partial charge in [0.25, 0.3) is 0 Å². The first-order chi connectivity index (χ1) is 8.30. The number of carbonyl (C=O) groups excluding carboxylic acids is 1. The third-order valence-corrected chi connectivity index (χ3v) is 2.70. The summed E-state index contributed by atoms with van der Waals surface area (Å²) >= 11 is 0. The van der Waals surface area contributed by atoms with Crippen LogP contribution in [-0.4, -0.2) is 27.1 Å². The second-order valence-electron chi connectivity index (χ2n) is 3.64. The number of ether oxygens (including phenoxy) is 3. The summed E-state index contributed by atoms with van der Waals surface area (Å²) in [6, 6.07) is 3.44. The van der Waals surface area contributed by atoms with Crippen molar-refractivity contribution in [3.05, 3.63) is 35.4 Å². The van der Waals surface area contributed by atoms with E-state index in [9.17, 15) is 4.79 Å². The highest BCUT2D eigenvalue weighted by Crippen LogP contribution is 2.35. The molecule has 0 spiro atoms. The smallest absolute Gasteiger partial charge is 0.153 e. The maximum absolute atomic E-state index is 11.0. The molecule has 90 valence electrons. The van der Waals surface area contributed by atoms with Gasteiger partial charge in [-0.25, -0.2) is 0 Å². The van der Waals surface area contributed by atoms with Gasteiger partial charge in [-0.2, -0.15) is 0 Å². The molecule has 1 aromatic carbocycles. The van der Waals surface area contributed by atoms with Crippen LogP contribution < -0.4 is 9.47 Å². The number of methoxy groups -OCH3 is 2. The van der Waals surface area contributed by atoms with E-state index in [0.717, 1.165) is 11.8 Å². The maximum Gasteiger partial charge on any atom is 0.153 e. The molecule has 0 saturated heterocycles. The van der Waals surface area contributed by atoms with Gasteiger partial charge in [0.15, 0.2) is 6.29 Å². The summed E-state index contributed by atoms with van der Waals surface area (Å²) in [4.78, 5) is 11.0. The molecule has 0 amide bonds. The zero-order valence-corrected chi connectivity index (χ0v) is 9.80. The first kappa shape index (κ1) is 11.7. The van der Waals surface area contributed by atoms with Crippen LogP contribution in [0.5, 0.6) is 11.5 Å². The summed E-state index contributed by atoms with van der Waals surface area (Å²) in [5, 5.41) is 0. The summed E-state index contributed by atoms with van der Waals surface area (Å²) in [6.07, 6.45) is 4.49. The molecule has 4 nitrogen and oxygen atoms in total. The highest BCUT2D eigenvalue weighted by Gasteiger charge is 2.19. The lowest BCUT2D eigenvalue weighted by Gasteiger charge is -2.16. The van der Waals surface area contributed by atoms with Gasteiger partial charge >= 0.3 is 0 Å². The molecule has 0 aliphatic carbocycles. The van der Waals surface area contributed by atoms with Crippen molar-refractivity contribution in [2.45, 2.75) is 6.10 Å². The van der Waals surface area contributed by atoms with Crippen LogP contribution in [0.15, 0.2) is 24.3 Å². The molecule has 0 aromatic heterocycles. The van der Waals surface area contributed by atoms with E-state index in [1.54, 1.807) is 19.2 Å². The molecule has 17 heavy (non-hydrogen) atoms. The number of benzene rings is 1. The molecule has 4 heteroatoms. The Hall–Kier alpha value is -1.81. The molecule has 0 bridgehead atoms. The van der Waals surface area contributed by atoms with Crippen molar-refractivity contribution < 1.29 is 19.0 Å². The Morgan fingerprint density at radius 3 is 2.59 bits per heavy atom. The number of hydrogen-bond acceptors (Lipinski definition) is 4. The summed E-state index contributed by atoms with van der Waals surface area (Å²) in [5.74, 6) is 1.16. The molecular weight excluding hydrogens is 220 g/mol. The molecule has 1 aliphatic rings. The average molecular weight is 234 g/mol. The van der Waals surface area contributed by atoms with Gasteiger partial charge in [-0.05, 0) is 6.07 Å². The molecule has 1 unspecified atom stereocenters. The normalized spacial score (nSPS) is 18.1. The van der Waals surface area contributed by atoms with E-state index in [1.165, 1.54) is 7.11 Å². The standard InChI is InChI=1S/C13H14O4/c1-15-12-7-13(16-2)10(6-9(12)8-14)11-4-3-5-17-11/h3-4,6-8,11H,5H2,1-2H3. The van der Waals surface area contributed by atoms with Crippen LogP contribution in [-0.2, 0) is 4.74 Å². The number of carbonyl (C=O) groups is 1. The van der Waals surface area contributed by atoms with Crippen molar-refractivity contribution in [1.82, 2.24) is 0 Å². The summed E-state index contributed by atoms with van der Waals surface area (Å²) in [7, 11) is 3.10. The van der Waals surface area contributed by atoms with E-state index in [4.69, 9.17) is 14.2 Å². The van der Waals surface area contributed by atoms with Gasteiger partial charge in [-0.15, -0.1) is 0 Å². The summed E-state index contributed by atoms with van der Waals surface area (Å²) < 4.78 is 15.9. The first-order valence-corrected chi connectivity index (χ1v) is 5.29. The van der Waals surface area contributed by atoms with Crippen LogP contribution >= 0.6 is 0 Å². The topological polar surface area (TPSA) is 44.8 Å². The Morgan fingerprint density at radius 1 is 1.29 bits per heavy atom. The van der Waals surface area contributed by atoms with Crippen molar-refractivity contribution in [3.8, 4) is 11.5 Å². The monoisotopic (exact) mass is 234 g/mol. The molecule has 2 rings (SSSR count). The highest BCUT2D eigenvalue weighted by molar-refractivity contribution is 5.80. The number of rotatable bonds is 4. The second kappa shape index (κ2) is 5.01. The van der Waals surface area contributed by atoms with Crippen LogP contribution in [0, 0.1) is 0 Å². The zero-order valence-electron chi connectivity index (χ0n) is 9.80. The molecule has 0 radical (unpaired) electrons. The highest BCUT2D eigenvalue weighted by atomic mass is 16.5. The molecule has 1 aliphatic heterocycles. The first-order valence-electron chi connectivity index (χ1n) is 5.29. The fourth-order valence-corrected chi connectivity index (χ4v) is 1.85. The van der Waals surface area contributed by atoms with Crippen molar-refractivity contribution in [2.75, 3.05) is 20.8 Å². The molecule has 0 fully saturated rings. The minimum absolute atomic E-state index is 0.158. The van der Waals surface area contributed by atoms with E-state index in [2.05, 4.69) is 0 Å². The predicted molar refractivity (Wildman–Crippen MR) is 62.8 cm³/mol. The lowest BCUT2D eigenvalue weighted by atomic mass is 10.0. The van der Waals surface area contributed by atoms with Crippen LogP contribution in [0.4, 0.5) is 0 Å². The third kappa shape index (κ3) is 2.17. The van der Waals surface area contributed by atoms with Crippen molar-refractivity contribution in [1.29, 1.82) is 0 Å². The van der Waals surface area contributed by atoms with Gasteiger partial charge in [0.2, 0.25) is 0 Å². The average Bonchev–Trinajstić information content (AvgIpc) is 2.90. The van der Waals surface area contributed by atoms with E-state index >= 15 is 0 Å². The Balaban J connectivity index is 2.49. The van der Waals surface area contributed by atoms with Crippen LogP contribution in [0.25, 0.3) is 0 Å². The number of aldehydes is 1. The largest absolute Gasteiger partial charge is 0.496 e. The van der Waals surface area contributed by atoms with Crippen molar-refractivity contribution in [2.24, 2.45) is 0 Å². The molecule has 1 aromatic rings. The Kier molecular flexibility index (Phi) is 3.44. The van der Waals surface area contributed by atoms with Crippen LogP contribution in [0.1, 0.15) is 22.0 Å². The Bertz CT molecular complexity index is 451. The summed E-state index contributed by atoms with van der Waals surface area (Å²) in [6.45, 7) is 0.580. The minimum atomic E-state index is -0.158. The van der Waals surface area contributed by atoms with Crippen LogP contribution in [0.3, 0.4) is 0 Å². The van der Waals surface area contributed by atoms with Gasteiger partial charge in [0, 0.05) is 11.6 Å². The fraction of sp³-hybridized carbons (Fsp3) is 0.308. The molecule has 1 atom stereocenters. The molecule has 0 N–H and O–H groups in total. The predicted octanol–water partition coefficient (Wildman–Crippen LogP) is 2.14. The van der Waals surface area contributed by atoms with Gasteiger partial charge in [0.05, 0.1) is 26.4 Å². The third-order valence-electron chi connectivity index (χ3n) is 2.70. The van der Waals surface area contributed by atoms with Gasteiger partial charge in [-0.3, -0.25) is 4.79 Å². The molecular formula is C13H14O4. The second-order valence-corrected chi connectivity index (χ2v) is 3.64. The van der Waals surface area contributed by atoms with Crippen LogP contribution in [0.2, 0.25) is 0 Å². The van der Waals surface area contributed by atoms with Gasteiger partial charge in [-0.1, -0.05) is 12.2 Å². The van der Waals surface area contributed by atoms with Gasteiger partial charge in [0.1, 0.15) is 17.6 Å². The van der Waals surface area contributed by atoms with Crippen molar-refractivity contribution in [3.63, 3.8) is 0 Å². The SMILES string of the molecule is COc1cc(OC)c(C2C=CCO2)cc1C=O. The van der Waals surface area contributed by atoms with Crippen molar-refractivity contribution >= 4 is 6.29 Å². The number of hydrogen-bond donors (Lipinski definition) is 0. The molecule has 0 saturated carbocycles. The maximum atomic E-state index is 11.0. The fourth-order valence-electron chi connectivity index (χ4n) is 1.85.